The van der Waals surface area contributed by atoms with Crippen molar-refractivity contribution in [3.8, 4) is 0 Å². The Morgan fingerprint density at radius 1 is 0.812 bits per heavy atom. The van der Waals surface area contributed by atoms with Gasteiger partial charge < -0.3 is 0 Å². The van der Waals surface area contributed by atoms with Gasteiger partial charge in [0.05, 0.1) is 0 Å². The molecule has 2 aromatic rings. The predicted octanol–water partition coefficient (Wildman–Crippen LogP) is 4.22. The molecular weight excluding hydrogens is 231 g/mol. The van der Waals surface area contributed by atoms with Crippen molar-refractivity contribution in [1.82, 2.24) is 0 Å². The molecule has 16 heavy (non-hydrogen) atoms. The summed E-state index contributed by atoms with van der Waals surface area (Å²) in [5, 5.41) is 0. The Morgan fingerprint density at radius 2 is 1.25 bits per heavy atom. The van der Waals surface area contributed by atoms with E-state index in [-0.39, 0.29) is 0 Å². The van der Waals surface area contributed by atoms with Crippen LogP contribution in [-0.4, -0.2) is 0 Å². The summed E-state index contributed by atoms with van der Waals surface area (Å²) in [4.78, 5) is 0. The van der Waals surface area contributed by atoms with E-state index < -0.39 is 0 Å². The SMILES string of the molecule is S=[PH+]C=C(c1ccccc1)c1ccccc1. The van der Waals surface area contributed by atoms with Crippen LogP contribution < -0.4 is 0 Å². The predicted molar refractivity (Wildman–Crippen MR) is 75.6 cm³/mol. The Bertz CT molecular complexity index is 447. The van der Waals surface area contributed by atoms with Crippen LogP contribution in [0.15, 0.2) is 66.5 Å². The van der Waals surface area contributed by atoms with Crippen LogP contribution in [0, 0.1) is 0 Å². The van der Waals surface area contributed by atoms with E-state index in [1.165, 1.54) is 16.7 Å². The third-order valence-electron chi connectivity index (χ3n) is 2.37. The summed E-state index contributed by atoms with van der Waals surface area (Å²) in [6.45, 7) is 0. The fourth-order valence-corrected chi connectivity index (χ4v) is 2.43. The molecule has 0 amide bonds. The molecule has 2 aromatic carbocycles. The number of hydrogen-bond donors (Lipinski definition) is 0. The first-order valence-corrected chi connectivity index (χ1v) is 7.31. The fourth-order valence-electron chi connectivity index (χ4n) is 1.63. The molecule has 0 bridgehead atoms. The van der Waals surface area contributed by atoms with Crippen LogP contribution in [-0.2, 0) is 11.8 Å². The molecule has 0 aliphatic carbocycles. The second kappa shape index (κ2) is 5.69. The maximum Gasteiger partial charge on any atom is 0.191 e. The Labute approximate surface area is 102 Å². The molecule has 0 aromatic heterocycles. The summed E-state index contributed by atoms with van der Waals surface area (Å²) in [7, 11) is 0.410. The molecule has 2 rings (SSSR count). The molecule has 0 saturated carbocycles. The lowest BCUT2D eigenvalue weighted by atomic mass is 10.00. The largest absolute Gasteiger partial charge is 0.191 e. The molecule has 0 heterocycles. The van der Waals surface area contributed by atoms with E-state index in [9.17, 15) is 0 Å². The lowest BCUT2D eigenvalue weighted by Gasteiger charge is -2.04. The van der Waals surface area contributed by atoms with Gasteiger partial charge in [0.25, 0.3) is 0 Å². The van der Waals surface area contributed by atoms with E-state index in [1.807, 2.05) is 12.1 Å². The average Bonchev–Trinajstić information content (AvgIpc) is 2.38. The van der Waals surface area contributed by atoms with Crippen LogP contribution in [0.2, 0.25) is 0 Å². The fraction of sp³-hybridized carbons (Fsp3) is 0. The lowest BCUT2D eigenvalue weighted by Crippen LogP contribution is -1.85. The van der Waals surface area contributed by atoms with Gasteiger partial charge in [-0.25, -0.2) is 0 Å². The van der Waals surface area contributed by atoms with Crippen molar-refractivity contribution in [2.45, 2.75) is 0 Å². The first-order chi connectivity index (χ1) is 7.92. The lowest BCUT2D eigenvalue weighted by molar-refractivity contribution is 1.55. The third kappa shape index (κ3) is 2.63. The monoisotopic (exact) mass is 243 g/mol. The van der Waals surface area contributed by atoms with Gasteiger partial charge >= 0.3 is 0 Å². The van der Waals surface area contributed by atoms with E-state index in [1.54, 1.807) is 0 Å². The molecule has 1 atom stereocenters. The zero-order valence-corrected chi connectivity index (χ0v) is 10.6. The van der Waals surface area contributed by atoms with Gasteiger partial charge in [-0.3, -0.25) is 0 Å². The summed E-state index contributed by atoms with van der Waals surface area (Å²) in [6.07, 6.45) is 0. The second-order valence-corrected chi connectivity index (χ2v) is 4.64. The maximum atomic E-state index is 5.08. The summed E-state index contributed by atoms with van der Waals surface area (Å²) in [5.41, 5.74) is 3.69. The van der Waals surface area contributed by atoms with Crippen molar-refractivity contribution in [2.75, 3.05) is 0 Å². The van der Waals surface area contributed by atoms with E-state index in [0.717, 1.165) is 0 Å². The molecule has 0 radical (unpaired) electrons. The van der Waals surface area contributed by atoms with Crippen molar-refractivity contribution in [3.63, 3.8) is 0 Å². The highest BCUT2D eigenvalue weighted by Gasteiger charge is 2.05. The minimum atomic E-state index is 0.410. The quantitative estimate of drug-likeness (QED) is 0.727. The summed E-state index contributed by atoms with van der Waals surface area (Å²) >= 11 is 5.08. The van der Waals surface area contributed by atoms with Crippen molar-refractivity contribution >= 4 is 24.7 Å². The topological polar surface area (TPSA) is 0 Å². The van der Waals surface area contributed by atoms with Crippen LogP contribution >= 0.6 is 7.36 Å². The highest BCUT2D eigenvalue weighted by molar-refractivity contribution is 7.97. The van der Waals surface area contributed by atoms with Crippen molar-refractivity contribution < 1.29 is 0 Å². The maximum absolute atomic E-state index is 5.08. The van der Waals surface area contributed by atoms with Crippen molar-refractivity contribution in [3.05, 3.63) is 77.6 Å². The zero-order chi connectivity index (χ0) is 11.2. The Hall–Kier alpha value is -1.30. The Morgan fingerprint density at radius 3 is 1.62 bits per heavy atom. The zero-order valence-electron chi connectivity index (χ0n) is 8.76. The molecular formula is C14H12PS+. The molecule has 0 spiro atoms. The van der Waals surface area contributed by atoms with E-state index in [0.29, 0.717) is 7.36 Å². The summed E-state index contributed by atoms with van der Waals surface area (Å²) in [6, 6.07) is 20.8. The third-order valence-corrected chi connectivity index (χ3v) is 3.13. The van der Waals surface area contributed by atoms with Gasteiger partial charge in [0, 0.05) is 5.57 Å². The first-order valence-electron chi connectivity index (χ1n) is 5.10. The number of benzene rings is 2. The van der Waals surface area contributed by atoms with E-state index >= 15 is 0 Å². The van der Waals surface area contributed by atoms with Gasteiger partial charge in [-0.2, -0.15) is 0 Å². The highest BCUT2D eigenvalue weighted by Crippen LogP contribution is 2.25. The molecule has 0 nitrogen and oxygen atoms in total. The van der Waals surface area contributed by atoms with Crippen molar-refractivity contribution in [2.24, 2.45) is 0 Å². The van der Waals surface area contributed by atoms with Gasteiger partial charge in [-0.05, 0) is 11.1 Å². The molecule has 0 saturated heterocycles. The average molecular weight is 243 g/mol. The van der Waals surface area contributed by atoms with Crippen LogP contribution in [0.4, 0.5) is 0 Å². The molecule has 2 heteroatoms. The van der Waals surface area contributed by atoms with Crippen molar-refractivity contribution in [1.29, 1.82) is 0 Å². The summed E-state index contributed by atoms with van der Waals surface area (Å²) < 4.78 is 0. The summed E-state index contributed by atoms with van der Waals surface area (Å²) in [5.74, 6) is 2.12. The molecule has 78 valence electrons. The normalized spacial score (nSPS) is 10.0. The smallest absolute Gasteiger partial charge is 0.0622 e. The Kier molecular flexibility index (Phi) is 3.98. The van der Waals surface area contributed by atoms with E-state index in [4.69, 9.17) is 11.8 Å². The second-order valence-electron chi connectivity index (χ2n) is 3.41. The van der Waals surface area contributed by atoms with Gasteiger partial charge in [0.15, 0.2) is 19.2 Å². The Balaban J connectivity index is 2.48. The minimum absolute atomic E-state index is 0.410. The van der Waals surface area contributed by atoms with Crippen LogP contribution in [0.1, 0.15) is 11.1 Å². The minimum Gasteiger partial charge on any atom is -0.0622 e. The van der Waals surface area contributed by atoms with Gasteiger partial charge in [-0.1, -0.05) is 60.7 Å². The number of rotatable bonds is 3. The van der Waals surface area contributed by atoms with Crippen LogP contribution in [0.3, 0.4) is 0 Å². The van der Waals surface area contributed by atoms with Gasteiger partial charge in [-0.15, -0.1) is 0 Å². The molecule has 1 unspecified atom stereocenters. The van der Waals surface area contributed by atoms with Gasteiger partial charge in [0.2, 0.25) is 0 Å². The first kappa shape index (κ1) is 11.2. The molecule has 0 fully saturated rings. The highest BCUT2D eigenvalue weighted by atomic mass is 32.4. The number of hydrogen-bond acceptors (Lipinski definition) is 1. The molecule has 0 aliphatic heterocycles. The molecule has 0 aliphatic rings. The standard InChI is InChI=1S/C14H11PS/c16-15-11-14(12-7-3-1-4-8-12)13-9-5-2-6-10-13/h1-11H/p+1. The van der Waals surface area contributed by atoms with Crippen LogP contribution in [0.5, 0.6) is 0 Å². The molecule has 0 N–H and O–H groups in total. The van der Waals surface area contributed by atoms with Gasteiger partial charge in [0.1, 0.15) is 5.82 Å². The van der Waals surface area contributed by atoms with E-state index in [2.05, 4.69) is 54.3 Å². The van der Waals surface area contributed by atoms with Crippen LogP contribution in [0.25, 0.3) is 5.57 Å².